The molecule has 1 aliphatic heterocycles. The fraction of sp³-hybridized carbons (Fsp3) is 0.421. The van der Waals surface area contributed by atoms with Gasteiger partial charge in [-0.1, -0.05) is 0 Å². The lowest BCUT2D eigenvalue weighted by molar-refractivity contribution is -0.123. The second-order valence-corrected chi connectivity index (χ2v) is 7.69. The van der Waals surface area contributed by atoms with Gasteiger partial charge in [-0.05, 0) is 38.1 Å². The highest BCUT2D eigenvalue weighted by Gasteiger charge is 2.25. The molecule has 0 spiro atoms. The van der Waals surface area contributed by atoms with Crippen LogP contribution < -0.4 is 5.32 Å². The van der Waals surface area contributed by atoms with Crippen LogP contribution in [-0.4, -0.2) is 65.4 Å². The molecule has 1 N–H and O–H groups in total. The highest BCUT2D eigenvalue weighted by atomic mass is 32.1. The molecule has 144 valence electrons. The van der Waals surface area contributed by atoms with E-state index in [0.29, 0.717) is 43.4 Å². The summed E-state index contributed by atoms with van der Waals surface area (Å²) < 4.78 is 13.0. The van der Waals surface area contributed by atoms with Gasteiger partial charge >= 0.3 is 0 Å². The summed E-state index contributed by atoms with van der Waals surface area (Å²) in [6, 6.07) is 6.20. The molecule has 2 amide bonds. The van der Waals surface area contributed by atoms with Crippen LogP contribution in [0.25, 0.3) is 10.6 Å². The Morgan fingerprint density at radius 3 is 2.48 bits per heavy atom. The molecule has 2 aromatic rings. The Labute approximate surface area is 162 Å². The van der Waals surface area contributed by atoms with E-state index < -0.39 is 0 Å². The normalized spacial score (nSPS) is 15.2. The van der Waals surface area contributed by atoms with Crippen molar-refractivity contribution < 1.29 is 14.0 Å². The van der Waals surface area contributed by atoms with Crippen LogP contribution in [0.4, 0.5) is 4.39 Å². The molecule has 1 aromatic carbocycles. The minimum atomic E-state index is -0.299. The van der Waals surface area contributed by atoms with E-state index in [1.807, 2.05) is 18.7 Å². The second-order valence-electron chi connectivity index (χ2n) is 6.84. The van der Waals surface area contributed by atoms with Crippen molar-refractivity contribution in [2.75, 3.05) is 32.7 Å². The number of carbonyl (C=O) groups is 2. The van der Waals surface area contributed by atoms with Gasteiger partial charge in [-0.25, -0.2) is 9.37 Å². The van der Waals surface area contributed by atoms with Crippen molar-refractivity contribution in [2.24, 2.45) is 0 Å². The number of thiazole rings is 1. The smallest absolute Gasteiger partial charge is 0.273 e. The third kappa shape index (κ3) is 5.11. The maximum absolute atomic E-state index is 13.0. The fourth-order valence-electron chi connectivity index (χ4n) is 2.94. The molecule has 0 saturated carbocycles. The zero-order chi connectivity index (χ0) is 19.4. The molecular weight excluding hydrogens is 367 g/mol. The van der Waals surface area contributed by atoms with Gasteiger partial charge in [0.25, 0.3) is 5.91 Å². The minimum Gasteiger partial charge on any atom is -0.353 e. The van der Waals surface area contributed by atoms with Crippen molar-refractivity contribution in [3.05, 3.63) is 41.2 Å². The van der Waals surface area contributed by atoms with Crippen LogP contribution in [0.5, 0.6) is 0 Å². The van der Waals surface area contributed by atoms with Gasteiger partial charge in [-0.2, -0.15) is 0 Å². The number of rotatable bonds is 5. The molecule has 1 fully saturated rings. The molecule has 0 bridgehead atoms. The number of amides is 2. The van der Waals surface area contributed by atoms with E-state index in [1.165, 1.54) is 23.5 Å². The predicted octanol–water partition coefficient (Wildman–Crippen LogP) is 2.23. The zero-order valence-electron chi connectivity index (χ0n) is 15.4. The van der Waals surface area contributed by atoms with Gasteiger partial charge in [0, 0.05) is 43.2 Å². The molecule has 3 rings (SSSR count). The number of hydrogen-bond donors (Lipinski definition) is 1. The summed E-state index contributed by atoms with van der Waals surface area (Å²) in [5.41, 5.74) is 1.20. The second kappa shape index (κ2) is 8.58. The SMILES string of the molecule is CC(C)NC(=O)CN1CCN(C(=O)c2csc(-c3ccc(F)cc3)n2)CC1. The highest BCUT2D eigenvalue weighted by Crippen LogP contribution is 2.24. The van der Waals surface area contributed by atoms with E-state index >= 15 is 0 Å². The average Bonchev–Trinajstić information content (AvgIpc) is 3.12. The lowest BCUT2D eigenvalue weighted by atomic mass is 10.2. The summed E-state index contributed by atoms with van der Waals surface area (Å²) in [6.07, 6.45) is 0. The number of nitrogens with zero attached hydrogens (tertiary/aromatic N) is 3. The monoisotopic (exact) mass is 390 g/mol. The van der Waals surface area contributed by atoms with E-state index in [4.69, 9.17) is 0 Å². The van der Waals surface area contributed by atoms with Crippen LogP contribution in [-0.2, 0) is 4.79 Å². The first kappa shape index (κ1) is 19.4. The Kier molecular flexibility index (Phi) is 6.18. The topological polar surface area (TPSA) is 65.5 Å². The summed E-state index contributed by atoms with van der Waals surface area (Å²) in [5.74, 6) is -0.398. The van der Waals surface area contributed by atoms with Crippen LogP contribution >= 0.6 is 11.3 Å². The van der Waals surface area contributed by atoms with Crippen LogP contribution in [0.2, 0.25) is 0 Å². The molecule has 0 unspecified atom stereocenters. The number of benzene rings is 1. The highest BCUT2D eigenvalue weighted by molar-refractivity contribution is 7.13. The summed E-state index contributed by atoms with van der Waals surface area (Å²) in [4.78, 5) is 32.8. The molecule has 8 heteroatoms. The summed E-state index contributed by atoms with van der Waals surface area (Å²) in [5, 5.41) is 5.31. The van der Waals surface area contributed by atoms with Gasteiger partial charge in [0.1, 0.15) is 16.5 Å². The predicted molar refractivity (Wildman–Crippen MR) is 103 cm³/mol. The first-order valence-corrected chi connectivity index (χ1v) is 9.83. The van der Waals surface area contributed by atoms with Crippen LogP contribution in [0, 0.1) is 5.82 Å². The van der Waals surface area contributed by atoms with Crippen molar-refractivity contribution in [3.63, 3.8) is 0 Å². The molecule has 6 nitrogen and oxygen atoms in total. The molecule has 0 aliphatic carbocycles. The number of halogens is 1. The Balaban J connectivity index is 1.55. The maximum atomic E-state index is 13.0. The van der Waals surface area contributed by atoms with Crippen molar-refractivity contribution in [3.8, 4) is 10.6 Å². The molecule has 1 aromatic heterocycles. The average molecular weight is 390 g/mol. The molecule has 2 heterocycles. The fourth-order valence-corrected chi connectivity index (χ4v) is 3.74. The third-order valence-electron chi connectivity index (χ3n) is 4.29. The maximum Gasteiger partial charge on any atom is 0.273 e. The Bertz CT molecular complexity index is 798. The van der Waals surface area contributed by atoms with Gasteiger partial charge in [0.05, 0.1) is 6.54 Å². The first-order valence-electron chi connectivity index (χ1n) is 8.95. The molecule has 0 radical (unpaired) electrons. The van der Waals surface area contributed by atoms with Crippen LogP contribution in [0.1, 0.15) is 24.3 Å². The van der Waals surface area contributed by atoms with E-state index in [-0.39, 0.29) is 23.7 Å². The summed E-state index contributed by atoms with van der Waals surface area (Å²) in [7, 11) is 0. The Morgan fingerprint density at radius 2 is 1.85 bits per heavy atom. The van der Waals surface area contributed by atoms with Gasteiger partial charge in [0.2, 0.25) is 5.91 Å². The molecular formula is C19H23FN4O2S. The largest absolute Gasteiger partial charge is 0.353 e. The quantitative estimate of drug-likeness (QED) is 0.850. The standard InChI is InChI=1S/C19H23FN4O2S/c1-13(2)21-17(25)11-23-7-9-24(10-8-23)19(26)16-12-27-18(22-16)14-3-5-15(20)6-4-14/h3-6,12-13H,7-11H2,1-2H3,(H,21,25). The van der Waals surface area contributed by atoms with Gasteiger partial charge in [-0.3, -0.25) is 14.5 Å². The number of hydrogen-bond acceptors (Lipinski definition) is 5. The third-order valence-corrected chi connectivity index (χ3v) is 5.18. The lowest BCUT2D eigenvalue weighted by Crippen LogP contribution is -2.51. The number of carbonyl (C=O) groups excluding carboxylic acids is 2. The van der Waals surface area contributed by atoms with E-state index in [2.05, 4.69) is 10.3 Å². The minimum absolute atomic E-state index is 0.00761. The molecule has 1 aliphatic rings. The summed E-state index contributed by atoms with van der Waals surface area (Å²) >= 11 is 1.37. The van der Waals surface area contributed by atoms with Crippen molar-refractivity contribution in [1.29, 1.82) is 0 Å². The molecule has 27 heavy (non-hydrogen) atoms. The van der Waals surface area contributed by atoms with E-state index in [9.17, 15) is 14.0 Å². The Hall–Kier alpha value is -2.32. The Morgan fingerprint density at radius 1 is 1.19 bits per heavy atom. The number of piperazine rings is 1. The van der Waals surface area contributed by atoms with Crippen molar-refractivity contribution in [2.45, 2.75) is 19.9 Å². The van der Waals surface area contributed by atoms with Gasteiger partial charge in [0.15, 0.2) is 0 Å². The first-order chi connectivity index (χ1) is 12.9. The molecule has 1 saturated heterocycles. The summed E-state index contributed by atoms with van der Waals surface area (Å²) in [6.45, 7) is 6.67. The van der Waals surface area contributed by atoms with E-state index in [1.54, 1.807) is 22.4 Å². The van der Waals surface area contributed by atoms with Gasteiger partial charge < -0.3 is 10.2 Å². The lowest BCUT2D eigenvalue weighted by Gasteiger charge is -2.34. The number of nitrogens with one attached hydrogen (secondary N) is 1. The van der Waals surface area contributed by atoms with Crippen LogP contribution in [0.3, 0.4) is 0 Å². The number of aromatic nitrogens is 1. The van der Waals surface area contributed by atoms with Crippen LogP contribution in [0.15, 0.2) is 29.6 Å². The van der Waals surface area contributed by atoms with E-state index in [0.717, 1.165) is 5.56 Å². The van der Waals surface area contributed by atoms with Gasteiger partial charge in [-0.15, -0.1) is 11.3 Å². The van der Waals surface area contributed by atoms with Crippen molar-refractivity contribution in [1.82, 2.24) is 20.1 Å². The van der Waals surface area contributed by atoms with Crippen molar-refractivity contribution >= 4 is 23.2 Å². The zero-order valence-corrected chi connectivity index (χ0v) is 16.3. The molecule has 0 atom stereocenters.